The molecule has 2 aromatic rings. The molecule has 10 heteroatoms. The van der Waals surface area contributed by atoms with Crippen molar-refractivity contribution in [3.8, 4) is 5.69 Å². The Morgan fingerprint density at radius 2 is 1.93 bits per heavy atom. The van der Waals surface area contributed by atoms with Gasteiger partial charge in [0, 0.05) is 12.6 Å². The summed E-state index contributed by atoms with van der Waals surface area (Å²) in [6.07, 6.45) is 1.15. The fraction of sp³-hybridized carbons (Fsp3) is 0.526. The standard InChI is InChI=1S/C19H26FN5O3S/c1-14-18(21-22-25(14)16-7-5-15(20)6-8-16)19(26)24(11-4-10-23(2)3)17-9-12-29(27,28)13-17/h5-8,17H,4,9-13H2,1-3H3. The third kappa shape index (κ3) is 4.99. The molecule has 1 aromatic carbocycles. The number of rotatable bonds is 7. The molecule has 1 unspecified atom stereocenters. The van der Waals surface area contributed by atoms with Crippen molar-refractivity contribution >= 4 is 15.7 Å². The lowest BCUT2D eigenvalue weighted by molar-refractivity contribution is 0.0683. The van der Waals surface area contributed by atoms with Gasteiger partial charge in [-0.1, -0.05) is 5.21 Å². The van der Waals surface area contributed by atoms with Gasteiger partial charge in [-0.15, -0.1) is 5.10 Å². The lowest BCUT2D eigenvalue weighted by Crippen LogP contribution is -2.43. The molecule has 1 amide bonds. The first-order chi connectivity index (χ1) is 13.7. The van der Waals surface area contributed by atoms with Crippen molar-refractivity contribution in [1.82, 2.24) is 24.8 Å². The molecule has 0 N–H and O–H groups in total. The Kier molecular flexibility index (Phi) is 6.33. The van der Waals surface area contributed by atoms with Crippen LogP contribution in [0.2, 0.25) is 0 Å². The van der Waals surface area contributed by atoms with Gasteiger partial charge in [0.1, 0.15) is 5.82 Å². The van der Waals surface area contributed by atoms with Gasteiger partial charge < -0.3 is 9.80 Å². The molecular weight excluding hydrogens is 397 g/mol. The van der Waals surface area contributed by atoms with Crippen LogP contribution in [0.3, 0.4) is 0 Å². The van der Waals surface area contributed by atoms with Crippen LogP contribution in [-0.4, -0.2) is 83.9 Å². The van der Waals surface area contributed by atoms with Gasteiger partial charge in [0.2, 0.25) is 0 Å². The molecule has 158 valence electrons. The van der Waals surface area contributed by atoms with Crippen molar-refractivity contribution < 1.29 is 17.6 Å². The highest BCUT2D eigenvalue weighted by molar-refractivity contribution is 7.91. The maximum atomic E-state index is 13.3. The third-order valence-electron chi connectivity index (χ3n) is 5.08. The average Bonchev–Trinajstić information content (AvgIpc) is 3.21. The Morgan fingerprint density at radius 1 is 1.24 bits per heavy atom. The van der Waals surface area contributed by atoms with Crippen molar-refractivity contribution in [2.45, 2.75) is 25.8 Å². The van der Waals surface area contributed by atoms with Crippen molar-refractivity contribution in [2.75, 3.05) is 38.7 Å². The average molecular weight is 424 g/mol. The summed E-state index contributed by atoms with van der Waals surface area (Å²) in [7, 11) is 0.767. The van der Waals surface area contributed by atoms with Crippen LogP contribution in [0.15, 0.2) is 24.3 Å². The molecule has 2 heterocycles. The Hall–Kier alpha value is -2.33. The highest BCUT2D eigenvalue weighted by Crippen LogP contribution is 2.22. The summed E-state index contributed by atoms with van der Waals surface area (Å²) in [5.41, 5.74) is 1.31. The molecule has 0 spiro atoms. The third-order valence-corrected chi connectivity index (χ3v) is 6.83. The summed E-state index contributed by atoms with van der Waals surface area (Å²) in [4.78, 5) is 16.9. The number of sulfone groups is 1. The first kappa shape index (κ1) is 21.4. The Bertz CT molecular complexity index is 972. The van der Waals surface area contributed by atoms with Crippen LogP contribution in [0.4, 0.5) is 4.39 Å². The molecule has 0 aliphatic carbocycles. The van der Waals surface area contributed by atoms with Crippen LogP contribution < -0.4 is 0 Å². The predicted octanol–water partition coefficient (Wildman–Crippen LogP) is 1.30. The van der Waals surface area contributed by atoms with E-state index in [4.69, 9.17) is 0 Å². The van der Waals surface area contributed by atoms with Gasteiger partial charge >= 0.3 is 0 Å². The highest BCUT2D eigenvalue weighted by Gasteiger charge is 2.36. The van der Waals surface area contributed by atoms with E-state index in [0.717, 1.165) is 13.0 Å². The number of benzene rings is 1. The molecular formula is C19H26FN5O3S. The van der Waals surface area contributed by atoms with E-state index in [1.54, 1.807) is 24.0 Å². The smallest absolute Gasteiger partial charge is 0.276 e. The second-order valence-corrected chi connectivity index (χ2v) is 9.85. The molecule has 1 atom stereocenters. The van der Waals surface area contributed by atoms with Gasteiger partial charge in [-0.3, -0.25) is 4.79 Å². The zero-order valence-electron chi connectivity index (χ0n) is 16.9. The molecule has 1 aliphatic rings. The van der Waals surface area contributed by atoms with E-state index in [1.807, 2.05) is 19.0 Å². The maximum Gasteiger partial charge on any atom is 0.276 e. The summed E-state index contributed by atoms with van der Waals surface area (Å²) in [6.45, 7) is 2.95. The molecule has 1 aromatic heterocycles. The molecule has 1 fully saturated rings. The molecule has 1 saturated heterocycles. The highest BCUT2D eigenvalue weighted by atomic mass is 32.2. The van der Waals surface area contributed by atoms with Gasteiger partial charge in [-0.25, -0.2) is 17.5 Å². The lowest BCUT2D eigenvalue weighted by atomic mass is 10.1. The molecule has 0 radical (unpaired) electrons. The van der Waals surface area contributed by atoms with Crippen molar-refractivity contribution in [3.63, 3.8) is 0 Å². The van der Waals surface area contributed by atoms with Crippen molar-refractivity contribution in [1.29, 1.82) is 0 Å². The molecule has 29 heavy (non-hydrogen) atoms. The topological polar surface area (TPSA) is 88.4 Å². The quantitative estimate of drug-likeness (QED) is 0.667. The minimum atomic E-state index is -3.13. The van der Waals surface area contributed by atoms with Crippen LogP contribution in [0.5, 0.6) is 0 Å². The minimum absolute atomic E-state index is 0.0220. The van der Waals surface area contributed by atoms with Gasteiger partial charge in [-0.05, 0) is 64.7 Å². The van der Waals surface area contributed by atoms with E-state index >= 15 is 0 Å². The van der Waals surface area contributed by atoms with Gasteiger partial charge in [0.05, 0.1) is 22.9 Å². The molecule has 8 nitrogen and oxygen atoms in total. The first-order valence-electron chi connectivity index (χ1n) is 9.52. The second kappa shape index (κ2) is 8.58. The molecule has 0 bridgehead atoms. The minimum Gasteiger partial charge on any atom is -0.333 e. The number of halogens is 1. The van der Waals surface area contributed by atoms with Crippen LogP contribution in [0.25, 0.3) is 5.69 Å². The number of nitrogens with zero attached hydrogens (tertiary/aromatic N) is 5. The Morgan fingerprint density at radius 3 is 2.52 bits per heavy atom. The zero-order chi connectivity index (χ0) is 21.2. The number of carbonyl (C=O) groups is 1. The molecule has 1 aliphatic heterocycles. The summed E-state index contributed by atoms with van der Waals surface area (Å²) in [6, 6.07) is 5.39. The van der Waals surface area contributed by atoms with E-state index in [1.165, 1.54) is 16.8 Å². The van der Waals surface area contributed by atoms with Crippen molar-refractivity contribution in [3.05, 3.63) is 41.5 Å². The van der Waals surface area contributed by atoms with E-state index in [-0.39, 0.29) is 35.0 Å². The number of amides is 1. The summed E-state index contributed by atoms with van der Waals surface area (Å²) in [5, 5.41) is 8.11. The number of hydrogen-bond donors (Lipinski definition) is 0. The number of hydrogen-bond acceptors (Lipinski definition) is 6. The monoisotopic (exact) mass is 423 g/mol. The summed E-state index contributed by atoms with van der Waals surface area (Å²) >= 11 is 0. The summed E-state index contributed by atoms with van der Waals surface area (Å²) in [5.74, 6) is -0.614. The molecule has 0 saturated carbocycles. The molecule has 3 rings (SSSR count). The van der Waals surface area contributed by atoms with Crippen LogP contribution in [0.1, 0.15) is 29.0 Å². The van der Waals surface area contributed by atoms with Gasteiger partial charge in [0.15, 0.2) is 15.5 Å². The predicted molar refractivity (Wildman–Crippen MR) is 107 cm³/mol. The maximum absolute atomic E-state index is 13.3. The lowest BCUT2D eigenvalue weighted by Gasteiger charge is -2.28. The first-order valence-corrected chi connectivity index (χ1v) is 11.3. The van der Waals surface area contributed by atoms with E-state index in [0.29, 0.717) is 24.3 Å². The van der Waals surface area contributed by atoms with E-state index in [9.17, 15) is 17.6 Å². The Balaban J connectivity index is 1.86. The Labute approximate surface area is 170 Å². The number of carbonyl (C=O) groups excluding carboxylic acids is 1. The largest absolute Gasteiger partial charge is 0.333 e. The fourth-order valence-electron chi connectivity index (χ4n) is 3.52. The summed E-state index contributed by atoms with van der Waals surface area (Å²) < 4.78 is 38.6. The van der Waals surface area contributed by atoms with Crippen molar-refractivity contribution in [2.24, 2.45) is 0 Å². The van der Waals surface area contributed by atoms with Crippen LogP contribution in [-0.2, 0) is 9.84 Å². The van der Waals surface area contributed by atoms with Gasteiger partial charge in [0.25, 0.3) is 5.91 Å². The zero-order valence-corrected chi connectivity index (χ0v) is 17.7. The SMILES string of the molecule is Cc1c(C(=O)N(CCCN(C)C)C2CCS(=O)(=O)C2)nnn1-c1ccc(F)cc1. The normalized spacial score (nSPS) is 18.3. The second-order valence-electron chi connectivity index (χ2n) is 7.62. The van der Waals surface area contributed by atoms with E-state index in [2.05, 4.69) is 10.3 Å². The van der Waals surface area contributed by atoms with E-state index < -0.39 is 9.84 Å². The number of aromatic nitrogens is 3. The fourth-order valence-corrected chi connectivity index (χ4v) is 5.25. The van der Waals surface area contributed by atoms with Crippen LogP contribution >= 0.6 is 0 Å². The van der Waals surface area contributed by atoms with Crippen LogP contribution in [0, 0.1) is 12.7 Å². The van der Waals surface area contributed by atoms with Gasteiger partial charge in [-0.2, -0.15) is 0 Å².